The molecule has 1 nitrogen and oxygen atoms in total. The number of halogens is 1. The van der Waals surface area contributed by atoms with Crippen LogP contribution in [0.15, 0.2) is 18.2 Å². The number of benzene rings is 1. The molecule has 1 aromatic rings. The molecule has 146 valence electrons. The quantitative estimate of drug-likeness (QED) is 0.515. The van der Waals surface area contributed by atoms with Gasteiger partial charge in [0.2, 0.25) is 0 Å². The molecule has 0 unspecified atom stereocenters. The van der Waals surface area contributed by atoms with Crippen LogP contribution in [-0.2, 0) is 18.4 Å². The largest absolute Gasteiger partial charge is 1.00 e. The Bertz CT molecular complexity index is 447. The number of hydrogen-bond acceptors (Lipinski definition) is 0. The van der Waals surface area contributed by atoms with Crippen LogP contribution in [0.2, 0.25) is 0 Å². The van der Waals surface area contributed by atoms with Crippen molar-refractivity contribution in [3.8, 4) is 0 Å². The van der Waals surface area contributed by atoms with E-state index in [2.05, 4.69) is 45.9 Å². The lowest BCUT2D eigenvalue weighted by molar-refractivity contribution is -0.492. The van der Waals surface area contributed by atoms with Crippen LogP contribution in [0.5, 0.6) is 0 Å². The highest BCUT2D eigenvalue weighted by Gasteiger charge is 2.33. The fourth-order valence-electron chi connectivity index (χ4n) is 3.81. The van der Waals surface area contributed by atoms with Crippen LogP contribution in [-0.4, -0.2) is 0 Å². The zero-order chi connectivity index (χ0) is 17.8. The SMILES string of the molecule is CCCCc1cccc(C([NH3+])(CCCC)CCCC)c1CCCC.[Br-]. The molecular weight excluding hydrogens is 370 g/mol. The van der Waals surface area contributed by atoms with E-state index in [9.17, 15) is 0 Å². The van der Waals surface area contributed by atoms with E-state index >= 15 is 0 Å². The maximum absolute atomic E-state index is 4.80. The third-order valence-corrected chi connectivity index (χ3v) is 5.44. The summed E-state index contributed by atoms with van der Waals surface area (Å²) >= 11 is 0. The Morgan fingerprint density at radius 1 is 0.760 bits per heavy atom. The monoisotopic (exact) mass is 411 g/mol. The van der Waals surface area contributed by atoms with E-state index in [-0.39, 0.29) is 22.5 Å². The van der Waals surface area contributed by atoms with Crippen molar-refractivity contribution in [1.29, 1.82) is 0 Å². The summed E-state index contributed by atoms with van der Waals surface area (Å²) in [5.74, 6) is 0. The molecule has 0 aliphatic rings. The van der Waals surface area contributed by atoms with Crippen LogP contribution < -0.4 is 22.7 Å². The Morgan fingerprint density at radius 2 is 1.28 bits per heavy atom. The normalized spacial score (nSPS) is 11.4. The van der Waals surface area contributed by atoms with Gasteiger partial charge in [0.1, 0.15) is 5.54 Å². The van der Waals surface area contributed by atoms with Crippen LogP contribution in [0, 0.1) is 0 Å². The van der Waals surface area contributed by atoms with Crippen molar-refractivity contribution in [1.82, 2.24) is 0 Å². The van der Waals surface area contributed by atoms with Gasteiger partial charge >= 0.3 is 0 Å². The maximum atomic E-state index is 4.80. The first-order chi connectivity index (χ1) is 11.6. The van der Waals surface area contributed by atoms with Crippen molar-refractivity contribution in [2.24, 2.45) is 0 Å². The molecule has 0 amide bonds. The summed E-state index contributed by atoms with van der Waals surface area (Å²) in [5.41, 5.74) is 9.75. The fourth-order valence-corrected chi connectivity index (χ4v) is 3.81. The van der Waals surface area contributed by atoms with Crippen molar-refractivity contribution >= 4 is 0 Å². The van der Waals surface area contributed by atoms with Gasteiger partial charge < -0.3 is 22.7 Å². The minimum Gasteiger partial charge on any atom is -1.00 e. The topological polar surface area (TPSA) is 27.6 Å². The van der Waals surface area contributed by atoms with E-state index in [1.165, 1.54) is 77.0 Å². The lowest BCUT2D eigenvalue weighted by atomic mass is 9.77. The molecule has 0 saturated heterocycles. The van der Waals surface area contributed by atoms with Gasteiger partial charge in [-0.25, -0.2) is 0 Å². The molecule has 0 aliphatic carbocycles. The zero-order valence-corrected chi connectivity index (χ0v) is 18.9. The standard InChI is InChI=1S/C23H41N.BrH/c1-5-9-14-20-15-13-17-22(21(20)16-10-6-2)23(24,18-11-7-3)19-12-8-4;/h13,15,17H,5-12,14,16,18-19,24H2,1-4H3;1H. The Kier molecular flexibility index (Phi) is 13.6. The Hall–Kier alpha value is -0.340. The fraction of sp³-hybridized carbons (Fsp3) is 0.739. The molecule has 1 rings (SSSR count). The highest BCUT2D eigenvalue weighted by Crippen LogP contribution is 2.33. The molecule has 25 heavy (non-hydrogen) atoms. The molecule has 0 saturated carbocycles. The summed E-state index contributed by atoms with van der Waals surface area (Å²) in [4.78, 5) is 0. The summed E-state index contributed by atoms with van der Waals surface area (Å²) < 4.78 is 0. The molecule has 0 aromatic heterocycles. The van der Waals surface area contributed by atoms with E-state index in [0.29, 0.717) is 0 Å². The minimum atomic E-state index is 0. The molecule has 1 aromatic carbocycles. The average Bonchev–Trinajstić information content (AvgIpc) is 2.61. The highest BCUT2D eigenvalue weighted by molar-refractivity contribution is 5.39. The lowest BCUT2D eigenvalue weighted by Gasteiger charge is -2.30. The highest BCUT2D eigenvalue weighted by atomic mass is 79.9. The zero-order valence-electron chi connectivity index (χ0n) is 17.3. The molecule has 0 radical (unpaired) electrons. The van der Waals surface area contributed by atoms with Crippen molar-refractivity contribution in [3.63, 3.8) is 0 Å². The van der Waals surface area contributed by atoms with Gasteiger partial charge in [-0.1, -0.05) is 71.6 Å². The molecule has 0 heterocycles. The summed E-state index contributed by atoms with van der Waals surface area (Å²) in [5, 5.41) is 0. The van der Waals surface area contributed by atoms with Crippen molar-refractivity contribution in [2.75, 3.05) is 0 Å². The van der Waals surface area contributed by atoms with Crippen LogP contribution in [0.1, 0.15) is 109 Å². The van der Waals surface area contributed by atoms with Gasteiger partial charge in [-0.2, -0.15) is 0 Å². The van der Waals surface area contributed by atoms with E-state index in [1.807, 2.05) is 0 Å². The summed E-state index contributed by atoms with van der Waals surface area (Å²) in [6.45, 7) is 9.20. The van der Waals surface area contributed by atoms with Crippen molar-refractivity contribution in [2.45, 2.75) is 110 Å². The van der Waals surface area contributed by atoms with Gasteiger partial charge in [-0.05, 0) is 49.7 Å². The third-order valence-electron chi connectivity index (χ3n) is 5.44. The first-order valence-corrected chi connectivity index (χ1v) is 10.6. The van der Waals surface area contributed by atoms with Gasteiger partial charge in [0.25, 0.3) is 0 Å². The van der Waals surface area contributed by atoms with E-state index in [4.69, 9.17) is 5.73 Å². The summed E-state index contributed by atoms with van der Waals surface area (Å²) in [6.07, 6.45) is 15.2. The van der Waals surface area contributed by atoms with Gasteiger partial charge in [-0.3, -0.25) is 0 Å². The predicted molar refractivity (Wildman–Crippen MR) is 107 cm³/mol. The Labute approximate surface area is 167 Å². The van der Waals surface area contributed by atoms with Crippen molar-refractivity contribution in [3.05, 3.63) is 34.9 Å². The second-order valence-corrected chi connectivity index (χ2v) is 7.64. The van der Waals surface area contributed by atoms with Gasteiger partial charge in [0, 0.05) is 18.4 Å². The van der Waals surface area contributed by atoms with Gasteiger partial charge in [-0.15, -0.1) is 0 Å². The predicted octanol–water partition coefficient (Wildman–Crippen LogP) is 3.19. The lowest BCUT2D eigenvalue weighted by Crippen LogP contribution is -3.00. The molecule has 0 atom stereocenters. The van der Waals surface area contributed by atoms with E-state index in [1.54, 1.807) is 16.7 Å². The van der Waals surface area contributed by atoms with E-state index < -0.39 is 0 Å². The number of unbranched alkanes of at least 4 members (excludes halogenated alkanes) is 4. The second-order valence-electron chi connectivity index (χ2n) is 7.64. The first-order valence-electron chi connectivity index (χ1n) is 10.6. The van der Waals surface area contributed by atoms with Crippen LogP contribution >= 0.6 is 0 Å². The molecular formula is C23H42BrN. The van der Waals surface area contributed by atoms with Crippen LogP contribution in [0.25, 0.3) is 0 Å². The molecule has 0 aliphatic heterocycles. The number of rotatable bonds is 13. The third kappa shape index (κ3) is 7.83. The smallest absolute Gasteiger partial charge is 0.120 e. The number of quaternary nitrogens is 1. The number of hydrogen-bond donors (Lipinski definition) is 1. The van der Waals surface area contributed by atoms with Crippen LogP contribution in [0.3, 0.4) is 0 Å². The second kappa shape index (κ2) is 13.8. The maximum Gasteiger partial charge on any atom is 0.120 e. The molecule has 3 N–H and O–H groups in total. The van der Waals surface area contributed by atoms with Crippen molar-refractivity contribution < 1.29 is 22.7 Å². The Morgan fingerprint density at radius 3 is 1.80 bits per heavy atom. The average molecular weight is 413 g/mol. The minimum absolute atomic E-state index is 0. The summed E-state index contributed by atoms with van der Waals surface area (Å²) in [6, 6.07) is 7.08. The molecule has 2 heteroatoms. The summed E-state index contributed by atoms with van der Waals surface area (Å²) in [7, 11) is 0. The molecule has 0 bridgehead atoms. The molecule has 0 fully saturated rings. The first kappa shape index (κ1) is 24.7. The molecule has 0 spiro atoms. The Balaban J connectivity index is 0.00000576. The van der Waals surface area contributed by atoms with Gasteiger partial charge in [0.15, 0.2) is 0 Å². The number of aryl methyl sites for hydroxylation is 1. The van der Waals surface area contributed by atoms with E-state index in [0.717, 1.165) is 0 Å². The van der Waals surface area contributed by atoms with Gasteiger partial charge in [0.05, 0.1) is 0 Å². The van der Waals surface area contributed by atoms with Crippen LogP contribution in [0.4, 0.5) is 0 Å².